The van der Waals surface area contributed by atoms with E-state index in [2.05, 4.69) is 6.58 Å². The summed E-state index contributed by atoms with van der Waals surface area (Å²) in [6.07, 6.45) is -1.64. The van der Waals surface area contributed by atoms with E-state index in [1.165, 1.54) is 0 Å². The first-order chi connectivity index (χ1) is 8.73. The molecule has 1 saturated carbocycles. The van der Waals surface area contributed by atoms with Gasteiger partial charge in [0.1, 0.15) is 6.04 Å². The molecule has 0 bridgehead atoms. The van der Waals surface area contributed by atoms with E-state index in [0.717, 1.165) is 19.3 Å². The summed E-state index contributed by atoms with van der Waals surface area (Å²) >= 11 is 0. The molecule has 4 nitrogen and oxygen atoms in total. The molecule has 0 heterocycles. The monoisotopic (exact) mass is 279 g/mol. The van der Waals surface area contributed by atoms with Crippen molar-refractivity contribution in [3.8, 4) is 0 Å². The first-order valence-corrected chi connectivity index (χ1v) is 6.01. The highest BCUT2D eigenvalue weighted by Crippen LogP contribution is 2.30. The lowest BCUT2D eigenvalue weighted by Gasteiger charge is -2.25. The summed E-state index contributed by atoms with van der Waals surface area (Å²) in [4.78, 5) is 22.0. The van der Waals surface area contributed by atoms with Crippen LogP contribution in [0.4, 0.5) is 13.2 Å². The largest absolute Gasteiger partial charge is 0.480 e. The molecule has 0 aliphatic heterocycles. The lowest BCUT2D eigenvalue weighted by Crippen LogP contribution is -2.50. The van der Waals surface area contributed by atoms with Gasteiger partial charge < -0.3 is 10.4 Å². The number of carboxylic acids is 1. The average molecular weight is 279 g/mol. The van der Waals surface area contributed by atoms with Crippen molar-refractivity contribution in [3.05, 3.63) is 12.2 Å². The van der Waals surface area contributed by atoms with Crippen LogP contribution in [0.25, 0.3) is 0 Å². The summed E-state index contributed by atoms with van der Waals surface area (Å²) in [5, 5.41) is 10.6. The molecule has 0 saturated heterocycles. The molecule has 0 aromatic carbocycles. The molecule has 1 fully saturated rings. The number of halogens is 3. The fourth-order valence-corrected chi connectivity index (χ4v) is 2.24. The molecule has 1 rings (SSSR count). The maximum atomic E-state index is 12.2. The topological polar surface area (TPSA) is 66.4 Å². The van der Waals surface area contributed by atoms with E-state index in [4.69, 9.17) is 5.11 Å². The van der Waals surface area contributed by atoms with Crippen molar-refractivity contribution in [1.29, 1.82) is 0 Å². The van der Waals surface area contributed by atoms with Crippen molar-refractivity contribution in [3.63, 3.8) is 0 Å². The molecule has 0 unspecified atom stereocenters. The molecule has 7 heteroatoms. The average Bonchev–Trinajstić information content (AvgIpc) is 2.49. The maximum absolute atomic E-state index is 12.2. The van der Waals surface area contributed by atoms with Crippen molar-refractivity contribution >= 4 is 11.9 Å². The number of carbonyl (C=O) groups excluding carboxylic acids is 1. The molecular formula is C12H16F3NO3. The van der Waals surface area contributed by atoms with E-state index in [-0.39, 0.29) is 0 Å². The van der Waals surface area contributed by atoms with Crippen molar-refractivity contribution < 1.29 is 27.9 Å². The predicted molar refractivity (Wildman–Crippen MR) is 61.3 cm³/mol. The SMILES string of the molecule is C=C1CCCCC[C@H]1[C@H](NC(=O)C(F)(F)F)C(=O)O. The van der Waals surface area contributed by atoms with E-state index in [1.54, 1.807) is 5.32 Å². The van der Waals surface area contributed by atoms with Gasteiger partial charge >= 0.3 is 18.1 Å². The second kappa shape index (κ2) is 6.08. The molecule has 19 heavy (non-hydrogen) atoms. The summed E-state index contributed by atoms with van der Waals surface area (Å²) in [5.74, 6) is -4.34. The number of alkyl halides is 3. The summed E-state index contributed by atoms with van der Waals surface area (Å²) in [6.45, 7) is 3.73. The molecule has 1 aliphatic carbocycles. The fraction of sp³-hybridized carbons (Fsp3) is 0.667. The maximum Gasteiger partial charge on any atom is 0.471 e. The Morgan fingerprint density at radius 1 is 1.32 bits per heavy atom. The van der Waals surface area contributed by atoms with Gasteiger partial charge in [0, 0.05) is 5.92 Å². The van der Waals surface area contributed by atoms with Gasteiger partial charge in [-0.3, -0.25) is 4.79 Å². The van der Waals surface area contributed by atoms with Crippen molar-refractivity contribution in [2.24, 2.45) is 5.92 Å². The molecule has 0 aromatic heterocycles. The molecule has 1 amide bonds. The van der Waals surface area contributed by atoms with E-state index in [9.17, 15) is 22.8 Å². The van der Waals surface area contributed by atoms with Crippen LogP contribution in [0.1, 0.15) is 32.1 Å². The van der Waals surface area contributed by atoms with Crippen LogP contribution >= 0.6 is 0 Å². The van der Waals surface area contributed by atoms with Crippen LogP contribution in [-0.4, -0.2) is 29.2 Å². The van der Waals surface area contributed by atoms with Gasteiger partial charge in [0.05, 0.1) is 0 Å². The molecule has 2 N–H and O–H groups in total. The molecule has 0 aromatic rings. The second-order valence-electron chi connectivity index (χ2n) is 4.65. The molecule has 108 valence electrons. The van der Waals surface area contributed by atoms with Crippen LogP contribution in [0.3, 0.4) is 0 Å². The van der Waals surface area contributed by atoms with Crippen LogP contribution in [0, 0.1) is 5.92 Å². The number of hydrogen-bond acceptors (Lipinski definition) is 2. The van der Waals surface area contributed by atoms with Gasteiger partial charge in [-0.15, -0.1) is 0 Å². The summed E-state index contributed by atoms with van der Waals surface area (Å²) in [5.41, 5.74) is 0.590. The summed E-state index contributed by atoms with van der Waals surface area (Å²) in [6, 6.07) is -1.57. The smallest absolute Gasteiger partial charge is 0.471 e. The van der Waals surface area contributed by atoms with Gasteiger partial charge in [-0.1, -0.05) is 25.0 Å². The Kier molecular flexibility index (Phi) is 4.97. The first kappa shape index (κ1) is 15.5. The number of hydrogen-bond donors (Lipinski definition) is 2. The lowest BCUT2D eigenvalue weighted by atomic mass is 9.88. The minimum absolute atomic E-state index is 0.425. The van der Waals surface area contributed by atoms with Crippen LogP contribution in [0.15, 0.2) is 12.2 Å². The van der Waals surface area contributed by atoms with Crippen LogP contribution in [0.5, 0.6) is 0 Å². The van der Waals surface area contributed by atoms with Crippen molar-refractivity contribution in [2.45, 2.75) is 44.3 Å². The van der Waals surface area contributed by atoms with Crippen molar-refractivity contribution in [1.82, 2.24) is 5.32 Å². The number of carboxylic acid groups (broad SMARTS) is 1. The minimum Gasteiger partial charge on any atom is -0.480 e. The quantitative estimate of drug-likeness (QED) is 0.615. The number of carbonyl (C=O) groups is 2. The number of aliphatic carboxylic acids is 1. The number of rotatable bonds is 3. The Balaban J connectivity index is 2.84. The molecule has 0 spiro atoms. The Hall–Kier alpha value is -1.53. The van der Waals surface area contributed by atoms with Crippen LogP contribution < -0.4 is 5.32 Å². The second-order valence-corrected chi connectivity index (χ2v) is 4.65. The normalized spacial score (nSPS) is 22.5. The third kappa shape index (κ3) is 4.25. The van der Waals surface area contributed by atoms with Gasteiger partial charge in [0.2, 0.25) is 0 Å². The summed E-state index contributed by atoms with van der Waals surface area (Å²) in [7, 11) is 0. The lowest BCUT2D eigenvalue weighted by molar-refractivity contribution is -0.176. The Morgan fingerprint density at radius 2 is 1.95 bits per heavy atom. The zero-order valence-corrected chi connectivity index (χ0v) is 10.3. The highest BCUT2D eigenvalue weighted by molar-refractivity contribution is 5.87. The van der Waals surface area contributed by atoms with E-state index in [0.29, 0.717) is 18.4 Å². The third-order valence-corrected chi connectivity index (χ3v) is 3.25. The number of amides is 1. The molecule has 0 radical (unpaired) electrons. The highest BCUT2D eigenvalue weighted by Gasteiger charge is 2.43. The molecule has 2 atom stereocenters. The zero-order valence-electron chi connectivity index (χ0n) is 10.3. The number of nitrogens with one attached hydrogen (secondary N) is 1. The predicted octanol–water partition coefficient (Wildman–Crippen LogP) is 2.25. The van der Waals surface area contributed by atoms with Crippen molar-refractivity contribution in [2.75, 3.05) is 0 Å². The Morgan fingerprint density at radius 3 is 2.47 bits per heavy atom. The first-order valence-electron chi connectivity index (χ1n) is 6.01. The van der Waals surface area contributed by atoms with E-state index in [1.807, 2.05) is 0 Å². The van der Waals surface area contributed by atoms with E-state index < -0.39 is 30.0 Å². The van der Waals surface area contributed by atoms with Gasteiger partial charge in [-0.05, 0) is 19.3 Å². The van der Waals surface area contributed by atoms with Gasteiger partial charge in [-0.25, -0.2) is 4.79 Å². The van der Waals surface area contributed by atoms with Gasteiger partial charge in [0.25, 0.3) is 0 Å². The molecule has 1 aliphatic rings. The van der Waals surface area contributed by atoms with E-state index >= 15 is 0 Å². The third-order valence-electron chi connectivity index (χ3n) is 3.25. The minimum atomic E-state index is -5.08. The standard InChI is InChI=1S/C12H16F3NO3/c1-7-5-3-2-4-6-8(7)9(10(17)18)16-11(19)12(13,14)15/h8-9H,1-6H2,(H,16,19)(H,17,18)/t8-,9+/m1/s1. The molecular weight excluding hydrogens is 263 g/mol. The fourth-order valence-electron chi connectivity index (χ4n) is 2.24. The van der Waals surface area contributed by atoms with Crippen LogP contribution in [0.2, 0.25) is 0 Å². The summed E-state index contributed by atoms with van der Waals surface area (Å²) < 4.78 is 36.6. The highest BCUT2D eigenvalue weighted by atomic mass is 19.4. The van der Waals surface area contributed by atoms with Gasteiger partial charge in [-0.2, -0.15) is 13.2 Å². The zero-order chi connectivity index (χ0) is 14.6. The Labute approximate surface area is 108 Å². The van der Waals surface area contributed by atoms with Gasteiger partial charge in [0.15, 0.2) is 0 Å². The van der Waals surface area contributed by atoms with Crippen LogP contribution in [-0.2, 0) is 9.59 Å². The Bertz CT molecular complexity index is 379.